The van der Waals surface area contributed by atoms with Gasteiger partial charge in [0.2, 0.25) is 10.0 Å². The Morgan fingerprint density at radius 2 is 1.71 bits per heavy atom. The van der Waals surface area contributed by atoms with Crippen molar-refractivity contribution in [3.8, 4) is 0 Å². The van der Waals surface area contributed by atoms with Crippen molar-refractivity contribution in [1.82, 2.24) is 4.72 Å². The fraction of sp³-hybridized carbons (Fsp3) is 0.143. The highest BCUT2D eigenvalue weighted by molar-refractivity contribution is 7.89. The van der Waals surface area contributed by atoms with Gasteiger partial charge in [0.25, 0.3) is 0 Å². The van der Waals surface area contributed by atoms with Crippen molar-refractivity contribution in [2.24, 2.45) is 0 Å². The van der Waals surface area contributed by atoms with Crippen LogP contribution in [0.25, 0.3) is 0 Å². The maximum Gasteiger partial charge on any atom is 0.243 e. The van der Waals surface area contributed by atoms with Crippen LogP contribution in [0.2, 0.25) is 5.02 Å². The van der Waals surface area contributed by atoms with Crippen LogP contribution in [0.1, 0.15) is 5.56 Å². The number of halogens is 3. The van der Waals surface area contributed by atoms with Gasteiger partial charge in [0, 0.05) is 17.6 Å². The number of hydrogen-bond acceptors (Lipinski definition) is 2. The summed E-state index contributed by atoms with van der Waals surface area (Å²) in [5.41, 5.74) is 0.890. The fourth-order valence-corrected chi connectivity index (χ4v) is 2.97. The number of sulfonamides is 1. The molecule has 0 heterocycles. The lowest BCUT2D eigenvalue weighted by atomic mass is 10.2. The predicted octanol–water partition coefficient (Wildman–Crippen LogP) is 3.14. The molecule has 0 saturated heterocycles. The van der Waals surface area contributed by atoms with Gasteiger partial charge in [-0.1, -0.05) is 23.7 Å². The van der Waals surface area contributed by atoms with Gasteiger partial charge in [-0.3, -0.25) is 0 Å². The highest BCUT2D eigenvalue weighted by Gasteiger charge is 2.18. The van der Waals surface area contributed by atoms with Crippen LogP contribution < -0.4 is 4.72 Å². The molecule has 3 nitrogen and oxygen atoms in total. The van der Waals surface area contributed by atoms with E-state index in [0.717, 1.165) is 17.7 Å². The molecule has 2 aromatic carbocycles. The van der Waals surface area contributed by atoms with Gasteiger partial charge in [0.15, 0.2) is 0 Å². The molecule has 0 aromatic heterocycles. The van der Waals surface area contributed by atoms with Gasteiger partial charge < -0.3 is 0 Å². The zero-order valence-corrected chi connectivity index (χ0v) is 12.4. The summed E-state index contributed by atoms with van der Waals surface area (Å²) in [6.07, 6.45) is 0.430. The van der Waals surface area contributed by atoms with Crippen molar-refractivity contribution in [1.29, 1.82) is 0 Å². The van der Waals surface area contributed by atoms with Gasteiger partial charge in [-0.15, -0.1) is 0 Å². The first kappa shape index (κ1) is 15.9. The van der Waals surface area contributed by atoms with Gasteiger partial charge >= 0.3 is 0 Å². The van der Waals surface area contributed by atoms with Crippen LogP contribution in [0.3, 0.4) is 0 Å². The molecule has 0 unspecified atom stereocenters. The highest BCUT2D eigenvalue weighted by atomic mass is 35.5. The topological polar surface area (TPSA) is 46.2 Å². The number of hydrogen-bond donors (Lipinski definition) is 1. The molecule has 1 N–H and O–H groups in total. The summed E-state index contributed by atoms with van der Waals surface area (Å²) in [6, 6.07) is 9.28. The summed E-state index contributed by atoms with van der Waals surface area (Å²) < 4.78 is 52.3. The molecule has 0 radical (unpaired) electrons. The Balaban J connectivity index is 2.03. The lowest BCUT2D eigenvalue weighted by molar-refractivity contribution is 0.543. The second kappa shape index (κ2) is 6.51. The zero-order valence-electron chi connectivity index (χ0n) is 10.8. The molecule has 0 aliphatic carbocycles. The minimum atomic E-state index is -4.00. The molecule has 112 valence electrons. The van der Waals surface area contributed by atoms with E-state index < -0.39 is 26.6 Å². The molecule has 0 bridgehead atoms. The van der Waals surface area contributed by atoms with E-state index in [4.69, 9.17) is 11.6 Å². The quantitative estimate of drug-likeness (QED) is 0.915. The summed E-state index contributed by atoms with van der Waals surface area (Å²) in [7, 11) is -4.00. The molecule has 0 amide bonds. The van der Waals surface area contributed by atoms with Crippen molar-refractivity contribution in [2.45, 2.75) is 11.3 Å². The number of rotatable bonds is 5. The third-order valence-electron chi connectivity index (χ3n) is 2.80. The van der Waals surface area contributed by atoms with E-state index >= 15 is 0 Å². The smallest absolute Gasteiger partial charge is 0.211 e. The van der Waals surface area contributed by atoms with Gasteiger partial charge in [-0.2, -0.15) is 0 Å². The Hall–Kier alpha value is -1.50. The zero-order chi connectivity index (χ0) is 15.5. The molecular formula is C14H12ClF2NO2S. The maximum atomic E-state index is 13.5. The normalized spacial score (nSPS) is 11.6. The molecule has 0 aliphatic heterocycles. The molecule has 0 atom stereocenters. The van der Waals surface area contributed by atoms with E-state index in [1.54, 1.807) is 24.3 Å². The van der Waals surface area contributed by atoms with Crippen molar-refractivity contribution in [2.75, 3.05) is 6.54 Å². The van der Waals surface area contributed by atoms with Crippen LogP contribution in [0.4, 0.5) is 8.78 Å². The van der Waals surface area contributed by atoms with Crippen LogP contribution in [-0.2, 0) is 16.4 Å². The summed E-state index contributed by atoms with van der Waals surface area (Å²) in [6.45, 7) is 0.0980. The Labute approximate surface area is 126 Å². The van der Waals surface area contributed by atoms with Crippen molar-refractivity contribution in [3.05, 3.63) is 64.7 Å². The van der Waals surface area contributed by atoms with E-state index in [0.29, 0.717) is 17.5 Å². The van der Waals surface area contributed by atoms with Crippen LogP contribution >= 0.6 is 11.6 Å². The average Bonchev–Trinajstić information content (AvgIpc) is 2.40. The molecule has 0 spiro atoms. The van der Waals surface area contributed by atoms with E-state index in [9.17, 15) is 17.2 Å². The van der Waals surface area contributed by atoms with E-state index in [2.05, 4.69) is 4.72 Å². The Morgan fingerprint density at radius 1 is 1.05 bits per heavy atom. The Morgan fingerprint density at radius 3 is 2.33 bits per heavy atom. The molecule has 7 heteroatoms. The third kappa shape index (κ3) is 4.23. The minimum absolute atomic E-state index is 0.0980. The first-order valence-electron chi connectivity index (χ1n) is 6.08. The fourth-order valence-electron chi connectivity index (χ4n) is 1.75. The van der Waals surface area contributed by atoms with Crippen molar-refractivity contribution < 1.29 is 17.2 Å². The molecule has 2 rings (SSSR count). The second-order valence-electron chi connectivity index (χ2n) is 4.35. The summed E-state index contributed by atoms with van der Waals surface area (Å²) >= 11 is 5.74. The van der Waals surface area contributed by atoms with Gasteiger partial charge in [-0.25, -0.2) is 21.9 Å². The maximum absolute atomic E-state index is 13.5. The SMILES string of the molecule is O=S(=O)(NCCc1ccc(Cl)cc1)c1ccc(F)cc1F. The van der Waals surface area contributed by atoms with Crippen LogP contribution in [-0.4, -0.2) is 15.0 Å². The number of nitrogens with one attached hydrogen (secondary N) is 1. The van der Waals surface area contributed by atoms with E-state index in [-0.39, 0.29) is 6.54 Å². The molecule has 0 aliphatic rings. The first-order valence-corrected chi connectivity index (χ1v) is 7.94. The first-order chi connectivity index (χ1) is 9.88. The lowest BCUT2D eigenvalue weighted by Gasteiger charge is -2.08. The van der Waals surface area contributed by atoms with E-state index in [1.165, 1.54) is 0 Å². The monoisotopic (exact) mass is 331 g/mol. The van der Waals surface area contributed by atoms with E-state index in [1.807, 2.05) is 0 Å². The van der Waals surface area contributed by atoms with Crippen LogP contribution in [0, 0.1) is 11.6 Å². The van der Waals surface area contributed by atoms with Crippen LogP contribution in [0.15, 0.2) is 47.4 Å². The highest BCUT2D eigenvalue weighted by Crippen LogP contribution is 2.15. The number of benzene rings is 2. The molecular weight excluding hydrogens is 320 g/mol. The standard InChI is InChI=1S/C14H12ClF2NO2S/c15-11-3-1-10(2-4-11)7-8-18-21(19,20)14-6-5-12(16)9-13(14)17/h1-6,9,18H,7-8H2. The van der Waals surface area contributed by atoms with Gasteiger partial charge in [-0.05, 0) is 36.2 Å². The van der Waals surface area contributed by atoms with Gasteiger partial charge in [0.1, 0.15) is 16.5 Å². The van der Waals surface area contributed by atoms with Crippen LogP contribution in [0.5, 0.6) is 0 Å². The summed E-state index contributed by atoms with van der Waals surface area (Å²) in [4.78, 5) is -0.569. The third-order valence-corrected chi connectivity index (χ3v) is 4.55. The Kier molecular flexibility index (Phi) is 4.92. The minimum Gasteiger partial charge on any atom is -0.211 e. The van der Waals surface area contributed by atoms with Crippen molar-refractivity contribution >= 4 is 21.6 Å². The Bertz CT molecular complexity index is 733. The average molecular weight is 332 g/mol. The molecule has 0 saturated carbocycles. The molecule has 0 fully saturated rings. The predicted molar refractivity (Wildman–Crippen MR) is 76.7 cm³/mol. The molecule has 21 heavy (non-hydrogen) atoms. The largest absolute Gasteiger partial charge is 0.243 e. The second-order valence-corrected chi connectivity index (χ2v) is 6.52. The lowest BCUT2D eigenvalue weighted by Crippen LogP contribution is -2.26. The van der Waals surface area contributed by atoms with Crippen molar-refractivity contribution in [3.63, 3.8) is 0 Å². The summed E-state index contributed by atoms with van der Waals surface area (Å²) in [5, 5.41) is 0.590. The van der Waals surface area contributed by atoms with Gasteiger partial charge in [0.05, 0.1) is 0 Å². The summed E-state index contributed by atoms with van der Waals surface area (Å²) in [5.74, 6) is -1.94. The molecule has 2 aromatic rings.